The molecule has 1 aromatic rings. The summed E-state index contributed by atoms with van der Waals surface area (Å²) in [7, 11) is 1.58. The number of carbonyl (C=O) groups excluding carboxylic acids is 2. The van der Waals surface area contributed by atoms with Gasteiger partial charge in [0.2, 0.25) is 5.91 Å². The first-order valence-electron chi connectivity index (χ1n) is 5.79. The van der Waals surface area contributed by atoms with Gasteiger partial charge in [0.25, 0.3) is 5.91 Å². The standard InChI is InChI=1S/C11H16N4O2S/c1-7-14-8(6-18-7)11(17)15-4-3-13-5-9(15)10(16)12-2/h6,9,13H,3-5H2,1-2H3,(H,12,16). The molecule has 2 N–H and O–H groups in total. The predicted molar refractivity (Wildman–Crippen MR) is 68.6 cm³/mol. The van der Waals surface area contributed by atoms with Crippen LogP contribution in [0.15, 0.2) is 5.38 Å². The van der Waals surface area contributed by atoms with Crippen LogP contribution in [0.3, 0.4) is 0 Å². The number of nitrogens with one attached hydrogen (secondary N) is 2. The van der Waals surface area contributed by atoms with Crippen molar-refractivity contribution >= 4 is 23.2 Å². The fraction of sp³-hybridized carbons (Fsp3) is 0.545. The Kier molecular flexibility index (Phi) is 3.93. The molecular weight excluding hydrogens is 252 g/mol. The molecule has 98 valence electrons. The number of aromatic nitrogens is 1. The van der Waals surface area contributed by atoms with Crippen molar-refractivity contribution in [3.63, 3.8) is 0 Å². The highest BCUT2D eigenvalue weighted by molar-refractivity contribution is 7.09. The van der Waals surface area contributed by atoms with Crippen LogP contribution in [0, 0.1) is 6.92 Å². The topological polar surface area (TPSA) is 74.3 Å². The van der Waals surface area contributed by atoms with E-state index < -0.39 is 6.04 Å². The summed E-state index contributed by atoms with van der Waals surface area (Å²) in [5, 5.41) is 8.29. The summed E-state index contributed by atoms with van der Waals surface area (Å²) in [6.45, 7) is 3.56. The highest BCUT2D eigenvalue weighted by atomic mass is 32.1. The Balaban J connectivity index is 2.18. The van der Waals surface area contributed by atoms with Crippen LogP contribution in [0.4, 0.5) is 0 Å². The maximum atomic E-state index is 12.3. The van der Waals surface area contributed by atoms with Crippen molar-refractivity contribution in [2.75, 3.05) is 26.7 Å². The normalized spacial score (nSPS) is 19.7. The Morgan fingerprint density at radius 3 is 3.00 bits per heavy atom. The van der Waals surface area contributed by atoms with Crippen LogP contribution in [0.2, 0.25) is 0 Å². The number of aryl methyl sites for hydroxylation is 1. The number of rotatable bonds is 2. The van der Waals surface area contributed by atoms with E-state index in [1.165, 1.54) is 11.3 Å². The number of piperazine rings is 1. The molecule has 0 aliphatic carbocycles. The van der Waals surface area contributed by atoms with Gasteiger partial charge in [-0.05, 0) is 6.92 Å². The minimum Gasteiger partial charge on any atom is -0.357 e. The minimum atomic E-state index is -0.460. The molecular formula is C11H16N4O2S. The molecule has 7 heteroatoms. The van der Waals surface area contributed by atoms with Gasteiger partial charge in [0.1, 0.15) is 11.7 Å². The van der Waals surface area contributed by atoms with Crippen LogP contribution in [0.1, 0.15) is 15.5 Å². The Morgan fingerprint density at radius 1 is 1.61 bits per heavy atom. The van der Waals surface area contributed by atoms with Gasteiger partial charge in [-0.1, -0.05) is 0 Å². The molecule has 6 nitrogen and oxygen atoms in total. The first-order chi connectivity index (χ1) is 8.63. The van der Waals surface area contributed by atoms with E-state index in [1.807, 2.05) is 6.92 Å². The van der Waals surface area contributed by atoms with E-state index in [-0.39, 0.29) is 11.8 Å². The second-order valence-electron chi connectivity index (χ2n) is 4.08. The SMILES string of the molecule is CNC(=O)C1CNCCN1C(=O)c1csc(C)n1. The molecule has 1 aromatic heterocycles. The number of amides is 2. The third-order valence-electron chi connectivity index (χ3n) is 2.89. The van der Waals surface area contributed by atoms with Gasteiger partial charge in [-0.2, -0.15) is 0 Å². The predicted octanol–water partition coefficient (Wildman–Crippen LogP) is -0.388. The summed E-state index contributed by atoms with van der Waals surface area (Å²) < 4.78 is 0. The Morgan fingerprint density at radius 2 is 2.39 bits per heavy atom. The van der Waals surface area contributed by atoms with Crippen molar-refractivity contribution in [2.45, 2.75) is 13.0 Å². The average molecular weight is 268 g/mol. The number of carbonyl (C=O) groups is 2. The van der Waals surface area contributed by atoms with E-state index in [1.54, 1.807) is 17.3 Å². The molecule has 0 radical (unpaired) electrons. The smallest absolute Gasteiger partial charge is 0.274 e. The van der Waals surface area contributed by atoms with Crippen LogP contribution in [0.25, 0.3) is 0 Å². The summed E-state index contributed by atoms with van der Waals surface area (Å²) in [6.07, 6.45) is 0. The summed E-state index contributed by atoms with van der Waals surface area (Å²) in [6, 6.07) is -0.460. The highest BCUT2D eigenvalue weighted by Crippen LogP contribution is 2.13. The maximum Gasteiger partial charge on any atom is 0.274 e. The van der Waals surface area contributed by atoms with Crippen LogP contribution in [-0.2, 0) is 4.79 Å². The zero-order chi connectivity index (χ0) is 13.1. The Bertz CT molecular complexity index is 460. The average Bonchev–Trinajstić information content (AvgIpc) is 2.83. The van der Waals surface area contributed by atoms with Crippen molar-refractivity contribution < 1.29 is 9.59 Å². The van der Waals surface area contributed by atoms with Crippen molar-refractivity contribution in [1.82, 2.24) is 20.5 Å². The van der Waals surface area contributed by atoms with Gasteiger partial charge in [0.05, 0.1) is 5.01 Å². The second-order valence-corrected chi connectivity index (χ2v) is 5.15. The lowest BCUT2D eigenvalue weighted by Crippen LogP contribution is -2.59. The lowest BCUT2D eigenvalue weighted by atomic mass is 10.1. The Labute approximate surface area is 109 Å². The van der Waals surface area contributed by atoms with Crippen LogP contribution in [0.5, 0.6) is 0 Å². The fourth-order valence-electron chi connectivity index (χ4n) is 1.96. The second kappa shape index (κ2) is 5.45. The molecule has 0 bridgehead atoms. The quantitative estimate of drug-likeness (QED) is 0.766. The summed E-state index contributed by atoms with van der Waals surface area (Å²) in [5.74, 6) is -0.322. The zero-order valence-corrected chi connectivity index (χ0v) is 11.2. The largest absolute Gasteiger partial charge is 0.357 e. The number of hydrogen-bond acceptors (Lipinski definition) is 5. The molecule has 1 atom stereocenters. The van der Waals surface area contributed by atoms with Gasteiger partial charge in [0.15, 0.2) is 0 Å². The molecule has 1 unspecified atom stereocenters. The molecule has 1 aliphatic heterocycles. The molecule has 18 heavy (non-hydrogen) atoms. The maximum absolute atomic E-state index is 12.3. The highest BCUT2D eigenvalue weighted by Gasteiger charge is 2.32. The van der Waals surface area contributed by atoms with Crippen molar-refractivity contribution in [1.29, 1.82) is 0 Å². The van der Waals surface area contributed by atoms with E-state index in [0.717, 1.165) is 5.01 Å². The molecule has 1 saturated heterocycles. The molecule has 2 heterocycles. The first kappa shape index (κ1) is 13.0. The summed E-state index contributed by atoms with van der Waals surface area (Å²) in [4.78, 5) is 29.8. The lowest BCUT2D eigenvalue weighted by molar-refractivity contribution is -0.125. The van der Waals surface area contributed by atoms with Gasteiger partial charge in [-0.25, -0.2) is 4.98 Å². The number of likely N-dealkylation sites (N-methyl/N-ethyl adjacent to an activating group) is 1. The van der Waals surface area contributed by atoms with E-state index in [0.29, 0.717) is 25.3 Å². The van der Waals surface area contributed by atoms with Crippen LogP contribution >= 0.6 is 11.3 Å². The van der Waals surface area contributed by atoms with Gasteiger partial charge < -0.3 is 15.5 Å². The molecule has 0 saturated carbocycles. The number of thiazole rings is 1. The molecule has 1 fully saturated rings. The summed E-state index contributed by atoms with van der Waals surface area (Å²) >= 11 is 1.44. The lowest BCUT2D eigenvalue weighted by Gasteiger charge is -2.34. The minimum absolute atomic E-state index is 0.150. The third kappa shape index (κ3) is 2.51. The fourth-order valence-corrected chi connectivity index (χ4v) is 2.54. The van der Waals surface area contributed by atoms with Gasteiger partial charge in [0, 0.05) is 32.1 Å². The van der Waals surface area contributed by atoms with Crippen molar-refractivity contribution in [2.24, 2.45) is 0 Å². The molecule has 0 aromatic carbocycles. The summed E-state index contributed by atoms with van der Waals surface area (Å²) in [5.41, 5.74) is 0.424. The molecule has 0 spiro atoms. The molecule has 2 amide bonds. The molecule has 2 rings (SSSR count). The van der Waals surface area contributed by atoms with Gasteiger partial charge in [-0.3, -0.25) is 9.59 Å². The van der Waals surface area contributed by atoms with Gasteiger partial charge >= 0.3 is 0 Å². The van der Waals surface area contributed by atoms with E-state index in [4.69, 9.17) is 0 Å². The van der Waals surface area contributed by atoms with Crippen LogP contribution in [-0.4, -0.2) is 54.4 Å². The van der Waals surface area contributed by atoms with Crippen molar-refractivity contribution in [3.05, 3.63) is 16.1 Å². The van der Waals surface area contributed by atoms with Gasteiger partial charge in [-0.15, -0.1) is 11.3 Å². The zero-order valence-electron chi connectivity index (χ0n) is 10.4. The van der Waals surface area contributed by atoms with E-state index in [2.05, 4.69) is 15.6 Å². The van der Waals surface area contributed by atoms with E-state index >= 15 is 0 Å². The number of hydrogen-bond donors (Lipinski definition) is 2. The number of nitrogens with zero attached hydrogens (tertiary/aromatic N) is 2. The monoisotopic (exact) mass is 268 g/mol. The first-order valence-corrected chi connectivity index (χ1v) is 6.67. The van der Waals surface area contributed by atoms with Crippen molar-refractivity contribution in [3.8, 4) is 0 Å². The Hall–Kier alpha value is -1.47. The van der Waals surface area contributed by atoms with E-state index in [9.17, 15) is 9.59 Å². The molecule has 1 aliphatic rings. The van der Waals surface area contributed by atoms with Crippen LogP contribution < -0.4 is 10.6 Å². The third-order valence-corrected chi connectivity index (χ3v) is 3.66.